The number of hydrogen-bond acceptors (Lipinski definition) is 7. The van der Waals surface area contributed by atoms with Crippen molar-refractivity contribution in [1.29, 1.82) is 0 Å². The van der Waals surface area contributed by atoms with Gasteiger partial charge in [0.25, 0.3) is 0 Å². The van der Waals surface area contributed by atoms with Crippen LogP contribution in [-0.2, 0) is 0 Å². The van der Waals surface area contributed by atoms with Crippen LogP contribution in [-0.4, -0.2) is 62.0 Å². The van der Waals surface area contributed by atoms with Crippen molar-refractivity contribution in [2.45, 2.75) is 24.0 Å². The van der Waals surface area contributed by atoms with Crippen LogP contribution in [0.2, 0.25) is 0 Å². The van der Waals surface area contributed by atoms with Crippen LogP contribution in [0.1, 0.15) is 10.4 Å². The fraction of sp³-hybridized carbons (Fsp3) is 0.417. The zero-order valence-electron chi connectivity index (χ0n) is 10.0. The molecule has 1 rings (SSSR count). The van der Waals surface area contributed by atoms with Crippen LogP contribution < -0.4 is 5.73 Å². The van der Waals surface area contributed by atoms with Gasteiger partial charge in [-0.15, -0.1) is 0 Å². The van der Waals surface area contributed by atoms with Crippen molar-refractivity contribution < 1.29 is 30.3 Å². The van der Waals surface area contributed by atoms with Gasteiger partial charge in [-0.05, 0) is 0 Å². The lowest BCUT2D eigenvalue weighted by Crippen LogP contribution is -2.63. The van der Waals surface area contributed by atoms with Crippen molar-refractivity contribution in [3.05, 3.63) is 35.9 Å². The predicted octanol–water partition coefficient (Wildman–Crippen LogP) is -2.41. The maximum absolute atomic E-state index is 11.9. The zero-order chi connectivity index (χ0) is 14.6. The molecule has 0 amide bonds. The first-order valence-electron chi connectivity index (χ1n) is 5.58. The fourth-order valence-electron chi connectivity index (χ4n) is 1.53. The van der Waals surface area contributed by atoms with Crippen LogP contribution in [0.15, 0.2) is 30.3 Å². The van der Waals surface area contributed by atoms with Crippen molar-refractivity contribution >= 4 is 5.78 Å². The average Bonchev–Trinajstić information content (AvgIpc) is 2.44. The summed E-state index contributed by atoms with van der Waals surface area (Å²) in [4.78, 5) is 11.9. The molecule has 0 saturated heterocycles. The lowest BCUT2D eigenvalue weighted by Gasteiger charge is -2.32. The number of hydrogen-bond donors (Lipinski definition) is 6. The second-order valence-corrected chi connectivity index (χ2v) is 4.21. The van der Waals surface area contributed by atoms with E-state index in [1.807, 2.05) is 0 Å². The summed E-state index contributed by atoms with van der Waals surface area (Å²) >= 11 is 0. The van der Waals surface area contributed by atoms with Gasteiger partial charge in [0.1, 0.15) is 18.3 Å². The van der Waals surface area contributed by atoms with Crippen LogP contribution >= 0.6 is 0 Å². The molecule has 0 aliphatic carbocycles. The van der Waals surface area contributed by atoms with E-state index in [1.54, 1.807) is 6.07 Å². The van der Waals surface area contributed by atoms with E-state index in [0.29, 0.717) is 0 Å². The minimum Gasteiger partial charge on any atom is -0.394 e. The van der Waals surface area contributed by atoms with E-state index in [2.05, 4.69) is 0 Å². The van der Waals surface area contributed by atoms with Gasteiger partial charge in [-0.25, -0.2) is 0 Å². The van der Waals surface area contributed by atoms with Crippen LogP contribution in [0.3, 0.4) is 0 Å². The summed E-state index contributed by atoms with van der Waals surface area (Å²) in [7, 11) is 0. The van der Waals surface area contributed by atoms with E-state index in [0.717, 1.165) is 0 Å². The first-order valence-corrected chi connectivity index (χ1v) is 5.58. The van der Waals surface area contributed by atoms with Gasteiger partial charge in [0.15, 0.2) is 0 Å². The molecule has 7 nitrogen and oxygen atoms in total. The van der Waals surface area contributed by atoms with Gasteiger partial charge in [-0.2, -0.15) is 0 Å². The molecule has 0 fully saturated rings. The van der Waals surface area contributed by atoms with E-state index >= 15 is 0 Å². The molecule has 0 heterocycles. The highest BCUT2D eigenvalue weighted by atomic mass is 16.4. The van der Waals surface area contributed by atoms with E-state index < -0.39 is 36.4 Å². The van der Waals surface area contributed by atoms with Gasteiger partial charge in [0.05, 0.1) is 6.61 Å². The number of ketones is 1. The molecule has 0 aromatic heterocycles. The molecule has 7 N–H and O–H groups in total. The highest BCUT2D eigenvalue weighted by Gasteiger charge is 2.45. The quantitative estimate of drug-likeness (QED) is 0.250. The first-order chi connectivity index (χ1) is 8.82. The van der Waals surface area contributed by atoms with E-state index in [-0.39, 0.29) is 5.56 Å². The summed E-state index contributed by atoms with van der Waals surface area (Å²) in [6.45, 7) is -0.853. The van der Waals surface area contributed by atoms with Crippen molar-refractivity contribution in [3.63, 3.8) is 0 Å². The molecule has 0 aliphatic heterocycles. The second kappa shape index (κ2) is 6.20. The van der Waals surface area contributed by atoms with E-state index in [1.165, 1.54) is 24.3 Å². The van der Waals surface area contributed by atoms with Gasteiger partial charge in [0.2, 0.25) is 11.5 Å². The molecule has 4 atom stereocenters. The Bertz CT molecular complexity index is 421. The molecule has 0 aliphatic rings. The Hall–Kier alpha value is -1.35. The van der Waals surface area contributed by atoms with E-state index in [4.69, 9.17) is 10.8 Å². The number of rotatable bonds is 6. The lowest BCUT2D eigenvalue weighted by atomic mass is 9.91. The number of carbonyl (C=O) groups is 1. The summed E-state index contributed by atoms with van der Waals surface area (Å²) in [6.07, 6.45) is -5.84. The predicted molar refractivity (Wildman–Crippen MR) is 65.0 cm³/mol. The highest BCUT2D eigenvalue weighted by Crippen LogP contribution is 2.17. The minimum atomic E-state index is -2.78. The normalized spacial score (nSPS) is 19.3. The Morgan fingerprint density at radius 1 is 1.21 bits per heavy atom. The van der Waals surface area contributed by atoms with Crippen LogP contribution in [0, 0.1) is 0 Å². The Kier molecular flexibility index (Phi) is 5.12. The summed E-state index contributed by atoms with van der Waals surface area (Å²) in [5.41, 5.74) is 2.59. The number of Topliss-reactive ketones (excluding diaryl/α,β-unsaturated/α-hetero) is 1. The van der Waals surface area contributed by atoms with Gasteiger partial charge in [-0.1, -0.05) is 30.3 Å². The van der Waals surface area contributed by atoms with Gasteiger partial charge >= 0.3 is 0 Å². The fourth-order valence-corrected chi connectivity index (χ4v) is 1.53. The molecule has 0 saturated carbocycles. The highest BCUT2D eigenvalue weighted by molar-refractivity contribution is 6.02. The molecular formula is C12H17NO6. The number of nitrogens with two attached hydrogens (primary N) is 1. The van der Waals surface area contributed by atoms with Crippen LogP contribution in [0.25, 0.3) is 0 Å². The lowest BCUT2D eigenvalue weighted by molar-refractivity contribution is -0.139. The third-order valence-corrected chi connectivity index (χ3v) is 2.76. The van der Waals surface area contributed by atoms with Crippen molar-refractivity contribution in [2.75, 3.05) is 6.61 Å². The Morgan fingerprint density at radius 3 is 2.21 bits per heavy atom. The van der Waals surface area contributed by atoms with Gasteiger partial charge in [-0.3, -0.25) is 10.5 Å². The molecular weight excluding hydrogens is 254 g/mol. The monoisotopic (exact) mass is 271 g/mol. The van der Waals surface area contributed by atoms with Crippen molar-refractivity contribution in [1.82, 2.24) is 0 Å². The molecule has 1 aromatic carbocycles. The molecule has 0 spiro atoms. The van der Waals surface area contributed by atoms with E-state index in [9.17, 15) is 25.2 Å². The summed E-state index contributed by atoms with van der Waals surface area (Å²) in [5, 5.41) is 46.8. The Morgan fingerprint density at radius 2 is 1.74 bits per heavy atom. The number of benzene rings is 1. The summed E-state index contributed by atoms with van der Waals surface area (Å²) in [6, 6.07) is 7.47. The largest absolute Gasteiger partial charge is 0.394 e. The maximum atomic E-state index is 11.9. The first kappa shape index (κ1) is 15.7. The number of aliphatic hydroxyl groups excluding tert-OH is 4. The molecule has 0 unspecified atom stereocenters. The summed E-state index contributed by atoms with van der Waals surface area (Å²) < 4.78 is 0. The van der Waals surface area contributed by atoms with Gasteiger partial charge in [0, 0.05) is 5.56 Å². The Labute approximate surface area is 109 Å². The Balaban J connectivity index is 2.94. The second-order valence-electron chi connectivity index (χ2n) is 4.21. The molecule has 0 radical (unpaired) electrons. The average molecular weight is 271 g/mol. The standard InChI is InChI=1S/C12H17NO6/c13-12(19,11(18)9(16)8(15)6-14)10(17)7-4-2-1-3-5-7/h1-5,8-9,11,14-16,18-19H,6,13H2/t8-,9+,11+,12+/m1/s1. The van der Waals surface area contributed by atoms with Crippen molar-refractivity contribution in [2.24, 2.45) is 5.73 Å². The van der Waals surface area contributed by atoms with Crippen LogP contribution in [0.5, 0.6) is 0 Å². The number of aliphatic hydroxyl groups is 5. The van der Waals surface area contributed by atoms with Crippen LogP contribution in [0.4, 0.5) is 0 Å². The SMILES string of the molecule is N[C@](O)(C(=O)c1ccccc1)[C@@H](O)[C@@H](O)[C@H](O)CO. The molecule has 106 valence electrons. The molecule has 7 heteroatoms. The molecule has 19 heavy (non-hydrogen) atoms. The molecule has 1 aromatic rings. The third kappa shape index (κ3) is 3.35. The topological polar surface area (TPSA) is 144 Å². The van der Waals surface area contributed by atoms with Gasteiger partial charge < -0.3 is 25.5 Å². The molecule has 0 bridgehead atoms. The summed E-state index contributed by atoms with van der Waals surface area (Å²) in [5.74, 6) is -1.01. The maximum Gasteiger partial charge on any atom is 0.212 e. The smallest absolute Gasteiger partial charge is 0.212 e. The van der Waals surface area contributed by atoms with Crippen molar-refractivity contribution in [3.8, 4) is 0 Å². The minimum absolute atomic E-state index is 0.0391. The third-order valence-electron chi connectivity index (χ3n) is 2.76. The number of carbonyl (C=O) groups excluding carboxylic acids is 1. The zero-order valence-corrected chi connectivity index (χ0v) is 10.0.